The van der Waals surface area contributed by atoms with E-state index in [0.29, 0.717) is 0 Å². The van der Waals surface area contributed by atoms with Crippen LogP contribution < -0.4 is 0 Å². The Bertz CT molecular complexity index is 660. The molecule has 0 nitrogen and oxygen atoms in total. The minimum atomic E-state index is -0.0735. The van der Waals surface area contributed by atoms with Gasteiger partial charge in [-0.1, -0.05) is 91.0 Å². The van der Waals surface area contributed by atoms with E-state index in [9.17, 15) is 0 Å². The third-order valence-corrected chi connectivity index (χ3v) is 3.79. The van der Waals surface area contributed by atoms with E-state index in [0.717, 1.165) is 0 Å². The molecule has 0 amide bonds. The van der Waals surface area contributed by atoms with E-state index >= 15 is 0 Å². The Morgan fingerprint density at radius 1 is 0.750 bits per heavy atom. The maximum atomic E-state index is 2.34. The molecule has 98 valence electrons. The molecule has 3 rings (SSSR count). The average molecular weight is 258 g/mol. The highest BCUT2D eigenvalue weighted by molar-refractivity contribution is 5.76. The Hall–Kier alpha value is -2.34. The molecule has 0 bridgehead atoms. The average Bonchev–Trinajstić information content (AvgIpc) is 2.72. The van der Waals surface area contributed by atoms with Crippen molar-refractivity contribution in [1.29, 1.82) is 0 Å². The lowest BCUT2D eigenvalue weighted by Gasteiger charge is -2.23. The van der Waals surface area contributed by atoms with Crippen molar-refractivity contribution in [1.82, 2.24) is 0 Å². The van der Waals surface area contributed by atoms with Gasteiger partial charge in [-0.05, 0) is 23.6 Å². The zero-order valence-corrected chi connectivity index (χ0v) is 11.7. The SMILES string of the molecule is CC1(c2ccccc2)C=CC=CC(c2ccccc2)=C1. The smallest absolute Gasteiger partial charge is 0.0295 e. The Morgan fingerprint density at radius 3 is 2.10 bits per heavy atom. The molecule has 1 aliphatic rings. The number of hydrogen-bond acceptors (Lipinski definition) is 0. The lowest BCUT2D eigenvalue weighted by molar-refractivity contribution is 0.761. The van der Waals surface area contributed by atoms with E-state index < -0.39 is 0 Å². The lowest BCUT2D eigenvalue weighted by Crippen LogP contribution is -2.15. The highest BCUT2D eigenvalue weighted by atomic mass is 14.2. The molecule has 0 fully saturated rings. The highest BCUT2D eigenvalue weighted by Gasteiger charge is 2.22. The molecular formula is C20H18. The first-order chi connectivity index (χ1) is 9.78. The minimum absolute atomic E-state index is 0.0735. The molecule has 2 aromatic rings. The van der Waals surface area contributed by atoms with Gasteiger partial charge in [0.05, 0.1) is 0 Å². The first-order valence-electron chi connectivity index (χ1n) is 6.98. The molecule has 0 saturated carbocycles. The summed E-state index contributed by atoms with van der Waals surface area (Å²) in [5, 5.41) is 0. The second-order valence-electron chi connectivity index (χ2n) is 5.33. The topological polar surface area (TPSA) is 0 Å². The van der Waals surface area contributed by atoms with Gasteiger partial charge in [0.25, 0.3) is 0 Å². The first-order valence-corrected chi connectivity index (χ1v) is 6.98. The lowest BCUT2D eigenvalue weighted by atomic mass is 9.80. The van der Waals surface area contributed by atoms with Gasteiger partial charge in [-0.3, -0.25) is 0 Å². The molecule has 0 aromatic heterocycles. The highest BCUT2D eigenvalue weighted by Crippen LogP contribution is 2.33. The summed E-state index contributed by atoms with van der Waals surface area (Å²) in [5.41, 5.74) is 3.76. The summed E-state index contributed by atoms with van der Waals surface area (Å²) in [4.78, 5) is 0. The van der Waals surface area contributed by atoms with Crippen LogP contribution in [0.1, 0.15) is 18.1 Å². The van der Waals surface area contributed by atoms with Gasteiger partial charge in [0, 0.05) is 5.41 Å². The summed E-state index contributed by atoms with van der Waals surface area (Å²) < 4.78 is 0. The minimum Gasteiger partial charge on any atom is -0.0704 e. The molecule has 2 aromatic carbocycles. The Labute approximate surface area is 120 Å². The second-order valence-corrected chi connectivity index (χ2v) is 5.33. The van der Waals surface area contributed by atoms with Crippen molar-refractivity contribution < 1.29 is 0 Å². The first kappa shape index (κ1) is 12.7. The van der Waals surface area contributed by atoms with Crippen molar-refractivity contribution in [2.75, 3.05) is 0 Å². The van der Waals surface area contributed by atoms with Gasteiger partial charge in [0.1, 0.15) is 0 Å². The van der Waals surface area contributed by atoms with Crippen LogP contribution in [0.2, 0.25) is 0 Å². The summed E-state index contributed by atoms with van der Waals surface area (Å²) in [5.74, 6) is 0. The Kier molecular flexibility index (Phi) is 3.39. The van der Waals surface area contributed by atoms with Crippen LogP contribution in [0.3, 0.4) is 0 Å². The van der Waals surface area contributed by atoms with Crippen LogP contribution in [0.25, 0.3) is 5.57 Å². The standard InChI is InChI=1S/C20H18/c1-20(19-13-6-3-7-14-19)15-9-8-12-18(16-20)17-10-4-2-5-11-17/h2-16H,1H3. The van der Waals surface area contributed by atoms with E-state index in [1.54, 1.807) is 0 Å². The van der Waals surface area contributed by atoms with E-state index in [2.05, 4.69) is 98.0 Å². The largest absolute Gasteiger partial charge is 0.0704 e. The summed E-state index contributed by atoms with van der Waals surface area (Å²) >= 11 is 0. The van der Waals surface area contributed by atoms with Crippen molar-refractivity contribution in [3.8, 4) is 0 Å². The second kappa shape index (κ2) is 5.34. The quantitative estimate of drug-likeness (QED) is 0.698. The molecule has 0 saturated heterocycles. The van der Waals surface area contributed by atoms with E-state index in [1.807, 2.05) is 0 Å². The molecule has 1 aliphatic carbocycles. The molecule has 1 unspecified atom stereocenters. The van der Waals surface area contributed by atoms with E-state index in [1.165, 1.54) is 16.7 Å². The van der Waals surface area contributed by atoms with Gasteiger partial charge in [0.2, 0.25) is 0 Å². The zero-order valence-electron chi connectivity index (χ0n) is 11.7. The molecule has 0 aliphatic heterocycles. The number of benzene rings is 2. The normalized spacial score (nSPS) is 21.4. The maximum absolute atomic E-state index is 2.34. The van der Waals surface area contributed by atoms with Crippen LogP contribution in [0, 0.1) is 0 Å². The molecular weight excluding hydrogens is 240 g/mol. The molecule has 1 atom stereocenters. The number of allylic oxidation sites excluding steroid dienone is 6. The van der Waals surface area contributed by atoms with E-state index in [-0.39, 0.29) is 5.41 Å². The van der Waals surface area contributed by atoms with Crippen molar-refractivity contribution in [3.05, 3.63) is 102 Å². The molecule has 0 N–H and O–H groups in total. The van der Waals surface area contributed by atoms with E-state index in [4.69, 9.17) is 0 Å². The van der Waals surface area contributed by atoms with Gasteiger partial charge in [-0.25, -0.2) is 0 Å². The van der Waals surface area contributed by atoms with Gasteiger partial charge in [-0.15, -0.1) is 0 Å². The predicted octanol–water partition coefficient (Wildman–Crippen LogP) is 5.15. The van der Waals surface area contributed by atoms with Gasteiger partial charge in [0.15, 0.2) is 0 Å². The number of hydrogen-bond donors (Lipinski definition) is 0. The molecule has 20 heavy (non-hydrogen) atoms. The fourth-order valence-electron chi connectivity index (χ4n) is 2.62. The Morgan fingerprint density at radius 2 is 1.40 bits per heavy atom. The zero-order chi connectivity index (χ0) is 13.8. The molecule has 0 heterocycles. The van der Waals surface area contributed by atoms with Gasteiger partial charge < -0.3 is 0 Å². The van der Waals surface area contributed by atoms with Gasteiger partial charge >= 0.3 is 0 Å². The van der Waals surface area contributed by atoms with Crippen molar-refractivity contribution in [3.63, 3.8) is 0 Å². The predicted molar refractivity (Wildman–Crippen MR) is 86.5 cm³/mol. The molecule has 0 spiro atoms. The van der Waals surface area contributed by atoms with Crippen molar-refractivity contribution >= 4 is 5.57 Å². The number of rotatable bonds is 2. The van der Waals surface area contributed by atoms with Crippen LogP contribution >= 0.6 is 0 Å². The fraction of sp³-hybridized carbons (Fsp3) is 0.100. The summed E-state index contributed by atoms with van der Waals surface area (Å²) in [6, 6.07) is 21.2. The van der Waals surface area contributed by atoms with Crippen LogP contribution in [-0.2, 0) is 5.41 Å². The fourth-order valence-corrected chi connectivity index (χ4v) is 2.62. The monoisotopic (exact) mass is 258 g/mol. The third kappa shape index (κ3) is 2.50. The van der Waals surface area contributed by atoms with Crippen molar-refractivity contribution in [2.45, 2.75) is 12.3 Å². The van der Waals surface area contributed by atoms with Crippen LogP contribution in [0.5, 0.6) is 0 Å². The summed E-state index contributed by atoms with van der Waals surface area (Å²) in [6.45, 7) is 2.26. The maximum Gasteiger partial charge on any atom is 0.0295 e. The van der Waals surface area contributed by atoms with Crippen LogP contribution in [0.4, 0.5) is 0 Å². The van der Waals surface area contributed by atoms with Crippen molar-refractivity contribution in [2.24, 2.45) is 0 Å². The third-order valence-electron chi connectivity index (χ3n) is 3.79. The Balaban J connectivity index is 2.09. The molecule has 0 radical (unpaired) electrons. The summed E-state index contributed by atoms with van der Waals surface area (Å²) in [7, 11) is 0. The van der Waals surface area contributed by atoms with Crippen LogP contribution in [0.15, 0.2) is 91.0 Å². The van der Waals surface area contributed by atoms with Gasteiger partial charge in [-0.2, -0.15) is 0 Å². The molecule has 0 heteroatoms. The summed E-state index contributed by atoms with van der Waals surface area (Å²) in [6.07, 6.45) is 11.0. The van der Waals surface area contributed by atoms with Crippen LogP contribution in [-0.4, -0.2) is 0 Å².